The molecular formula is C10H9CuO4. The average Bonchev–Trinajstić information content (AvgIpc) is 2.16. The van der Waals surface area contributed by atoms with E-state index >= 15 is 0 Å². The summed E-state index contributed by atoms with van der Waals surface area (Å²) in [6.07, 6.45) is 2.27. The maximum Gasteiger partial charge on any atom is 1.00 e. The monoisotopic (exact) mass is 256 g/mol. The van der Waals surface area contributed by atoms with E-state index in [-0.39, 0.29) is 22.8 Å². The Morgan fingerprint density at radius 3 is 2.73 bits per heavy atom. The molecular weight excluding hydrogens is 248 g/mol. The molecule has 0 atom stereocenters. The van der Waals surface area contributed by atoms with Crippen molar-refractivity contribution in [2.75, 3.05) is 7.11 Å². The Morgan fingerprint density at radius 2 is 2.20 bits per heavy atom. The van der Waals surface area contributed by atoms with Gasteiger partial charge in [0.05, 0.1) is 13.1 Å². The van der Waals surface area contributed by atoms with Crippen molar-refractivity contribution in [1.82, 2.24) is 0 Å². The van der Waals surface area contributed by atoms with Gasteiger partial charge in [-0.2, -0.15) is 0 Å². The topological polar surface area (TPSA) is 69.6 Å². The van der Waals surface area contributed by atoms with Crippen molar-refractivity contribution in [1.29, 1.82) is 0 Å². The van der Waals surface area contributed by atoms with E-state index in [1.165, 1.54) is 25.3 Å². The number of benzene rings is 1. The summed E-state index contributed by atoms with van der Waals surface area (Å²) in [5.74, 6) is -0.958. The van der Waals surface area contributed by atoms with Crippen molar-refractivity contribution in [3.05, 3.63) is 29.8 Å². The van der Waals surface area contributed by atoms with Crippen molar-refractivity contribution in [2.24, 2.45) is 0 Å². The first-order valence-corrected chi connectivity index (χ1v) is 3.89. The molecule has 1 N–H and O–H groups in total. The fraction of sp³-hybridized carbons (Fsp3) is 0.100. The van der Waals surface area contributed by atoms with E-state index in [1.807, 2.05) is 0 Å². The predicted molar refractivity (Wildman–Crippen MR) is 48.7 cm³/mol. The van der Waals surface area contributed by atoms with Gasteiger partial charge in [0.25, 0.3) is 0 Å². The minimum atomic E-state index is -1.27. The Hall–Kier alpha value is -1.45. The van der Waals surface area contributed by atoms with Crippen LogP contribution in [0.3, 0.4) is 0 Å². The summed E-state index contributed by atoms with van der Waals surface area (Å²) in [4.78, 5) is 10.1. The molecule has 4 nitrogen and oxygen atoms in total. The second-order valence-corrected chi connectivity index (χ2v) is 2.58. The molecule has 84 valence electrons. The maximum atomic E-state index is 10.1. The van der Waals surface area contributed by atoms with E-state index in [4.69, 9.17) is 4.74 Å². The summed E-state index contributed by atoms with van der Waals surface area (Å²) in [5.41, 5.74) is 0.615. The van der Waals surface area contributed by atoms with Crippen molar-refractivity contribution in [3.63, 3.8) is 0 Å². The number of carbonyl (C=O) groups excluding carboxylic acids is 1. The third-order valence-electron chi connectivity index (χ3n) is 1.62. The first-order chi connectivity index (χ1) is 6.63. The number of methoxy groups -OCH3 is 1. The van der Waals surface area contributed by atoms with Gasteiger partial charge in [0, 0.05) is 0 Å². The van der Waals surface area contributed by atoms with Crippen LogP contribution >= 0.6 is 0 Å². The molecule has 0 spiro atoms. The van der Waals surface area contributed by atoms with Crippen LogP contribution in [-0.4, -0.2) is 18.2 Å². The van der Waals surface area contributed by atoms with Gasteiger partial charge in [0.2, 0.25) is 0 Å². The van der Waals surface area contributed by atoms with E-state index in [0.29, 0.717) is 11.3 Å². The molecule has 0 saturated heterocycles. The molecule has 0 bridgehead atoms. The van der Waals surface area contributed by atoms with Crippen LogP contribution in [0.25, 0.3) is 6.08 Å². The molecule has 0 aromatic heterocycles. The largest absolute Gasteiger partial charge is 1.00 e. The van der Waals surface area contributed by atoms with Gasteiger partial charge in [0.1, 0.15) is 0 Å². The van der Waals surface area contributed by atoms with E-state index in [1.54, 1.807) is 6.07 Å². The number of carboxylic acid groups (broad SMARTS) is 1. The van der Waals surface area contributed by atoms with Crippen molar-refractivity contribution in [2.45, 2.75) is 0 Å². The zero-order valence-corrected chi connectivity index (χ0v) is 8.80. The van der Waals surface area contributed by atoms with Gasteiger partial charge in [0.15, 0.2) is 11.5 Å². The molecule has 1 aromatic rings. The van der Waals surface area contributed by atoms with Crippen LogP contribution in [-0.2, 0) is 21.9 Å². The summed E-state index contributed by atoms with van der Waals surface area (Å²) in [7, 11) is 1.42. The summed E-state index contributed by atoms with van der Waals surface area (Å²) < 4.78 is 4.85. The average molecular weight is 257 g/mol. The number of carboxylic acids is 1. The molecule has 0 radical (unpaired) electrons. The second-order valence-electron chi connectivity index (χ2n) is 2.58. The number of aliphatic carboxylic acids is 1. The second kappa shape index (κ2) is 6.11. The van der Waals surface area contributed by atoms with Crippen LogP contribution in [0.15, 0.2) is 24.3 Å². The number of phenols is 1. The molecule has 1 rings (SSSR count). The van der Waals surface area contributed by atoms with Crippen LogP contribution in [0.2, 0.25) is 0 Å². The third-order valence-corrected chi connectivity index (χ3v) is 1.62. The molecule has 0 fully saturated rings. The van der Waals surface area contributed by atoms with Gasteiger partial charge in [-0.25, -0.2) is 0 Å². The van der Waals surface area contributed by atoms with E-state index in [2.05, 4.69) is 0 Å². The molecule has 1 aromatic carbocycles. The normalized spacial score (nSPS) is 9.67. The Labute approximate surface area is 97.7 Å². The smallest absolute Gasteiger partial charge is 0.545 e. The third kappa shape index (κ3) is 4.06. The number of phenolic OH excluding ortho intramolecular Hbond substituents is 1. The number of hydrogen-bond donors (Lipinski definition) is 1. The molecule has 0 heterocycles. The molecule has 0 unspecified atom stereocenters. The minimum absolute atomic E-state index is 0. The molecule has 15 heavy (non-hydrogen) atoms. The predicted octanol–water partition coefficient (Wildman–Crippen LogP) is 0.161. The molecule has 0 saturated carbocycles. The summed E-state index contributed by atoms with van der Waals surface area (Å²) in [6, 6.07) is 4.51. The van der Waals surface area contributed by atoms with Gasteiger partial charge in [-0.05, 0) is 23.8 Å². The Kier molecular flexibility index (Phi) is 5.52. The van der Waals surface area contributed by atoms with E-state index in [0.717, 1.165) is 6.08 Å². The van der Waals surface area contributed by atoms with E-state index < -0.39 is 5.97 Å². The SMILES string of the molecule is COc1cc(C=CC(=O)[O-])ccc1O.[Cu+]. The van der Waals surface area contributed by atoms with Crippen LogP contribution in [0, 0.1) is 0 Å². The Bertz CT molecular complexity index is 374. The van der Waals surface area contributed by atoms with Crippen molar-refractivity contribution < 1.29 is 36.8 Å². The Balaban J connectivity index is 0.00000196. The zero-order valence-electron chi connectivity index (χ0n) is 7.86. The first-order valence-electron chi connectivity index (χ1n) is 3.89. The zero-order chi connectivity index (χ0) is 10.6. The van der Waals surface area contributed by atoms with E-state index in [9.17, 15) is 15.0 Å². The van der Waals surface area contributed by atoms with Gasteiger partial charge >= 0.3 is 17.1 Å². The van der Waals surface area contributed by atoms with Crippen molar-refractivity contribution in [3.8, 4) is 11.5 Å². The maximum absolute atomic E-state index is 10.1. The number of rotatable bonds is 3. The molecule has 0 amide bonds. The fourth-order valence-electron chi connectivity index (χ4n) is 0.962. The van der Waals surface area contributed by atoms with Crippen LogP contribution < -0.4 is 9.84 Å². The molecule has 0 aliphatic heterocycles. The number of carbonyl (C=O) groups is 1. The minimum Gasteiger partial charge on any atom is -0.545 e. The first kappa shape index (κ1) is 13.5. The van der Waals surface area contributed by atoms with Crippen molar-refractivity contribution >= 4 is 12.0 Å². The van der Waals surface area contributed by atoms with Gasteiger partial charge in [-0.1, -0.05) is 12.1 Å². The Morgan fingerprint density at radius 1 is 1.53 bits per heavy atom. The summed E-state index contributed by atoms with van der Waals surface area (Å²) >= 11 is 0. The quantitative estimate of drug-likeness (QED) is 0.618. The van der Waals surface area contributed by atoms with Gasteiger partial charge < -0.3 is 19.7 Å². The molecule has 0 aliphatic carbocycles. The molecule has 5 heteroatoms. The summed E-state index contributed by atoms with van der Waals surface area (Å²) in [5, 5.41) is 19.4. The molecule has 0 aliphatic rings. The fourth-order valence-corrected chi connectivity index (χ4v) is 0.962. The summed E-state index contributed by atoms with van der Waals surface area (Å²) in [6.45, 7) is 0. The van der Waals surface area contributed by atoms with Crippen LogP contribution in [0.4, 0.5) is 0 Å². The van der Waals surface area contributed by atoms with Gasteiger partial charge in [-0.3, -0.25) is 0 Å². The van der Waals surface area contributed by atoms with Crippen LogP contribution in [0.1, 0.15) is 5.56 Å². The number of aromatic hydroxyl groups is 1. The number of hydrogen-bond acceptors (Lipinski definition) is 4. The number of ether oxygens (including phenoxy) is 1. The van der Waals surface area contributed by atoms with Gasteiger partial charge in [-0.15, -0.1) is 0 Å². The standard InChI is InChI=1S/C10H10O4.Cu/c1-14-9-6-7(2-4-8(9)11)3-5-10(12)13;/h2-6,11H,1H3,(H,12,13);/q;+1/p-1. The van der Waals surface area contributed by atoms with Crippen LogP contribution in [0.5, 0.6) is 11.5 Å².